The Morgan fingerprint density at radius 2 is 2.00 bits per heavy atom. The number of nitrogens with zero attached hydrogens (tertiary/aromatic N) is 1. The van der Waals surface area contributed by atoms with Crippen molar-refractivity contribution in [3.05, 3.63) is 0 Å². The largest absolute Gasteiger partial charge is 0.480 e. The summed E-state index contributed by atoms with van der Waals surface area (Å²) in [7, 11) is 0. The minimum Gasteiger partial charge on any atom is -0.480 e. The molecule has 82 valence electrons. The quantitative estimate of drug-likeness (QED) is 0.734. The maximum atomic E-state index is 10.7. The number of rotatable bonds is 5. The second-order valence-electron chi connectivity index (χ2n) is 5.57. The molecule has 1 rings (SSSR count). The van der Waals surface area contributed by atoms with E-state index in [0.29, 0.717) is 0 Å². The minimum atomic E-state index is -0.713. The second-order valence-corrected chi connectivity index (χ2v) is 5.57. The van der Waals surface area contributed by atoms with Gasteiger partial charge in [0, 0.05) is 13.1 Å². The molecule has 0 atom stereocenters. The van der Waals surface area contributed by atoms with Gasteiger partial charge in [-0.25, -0.2) is 0 Å². The van der Waals surface area contributed by atoms with E-state index in [-0.39, 0.29) is 12.0 Å². The Morgan fingerprint density at radius 1 is 1.43 bits per heavy atom. The maximum absolute atomic E-state index is 10.7. The highest BCUT2D eigenvalue weighted by molar-refractivity contribution is 5.69. The van der Waals surface area contributed by atoms with Crippen molar-refractivity contribution in [2.45, 2.75) is 33.6 Å². The van der Waals surface area contributed by atoms with Crippen LogP contribution in [0.3, 0.4) is 0 Å². The van der Waals surface area contributed by atoms with E-state index in [9.17, 15) is 4.79 Å². The van der Waals surface area contributed by atoms with Crippen LogP contribution in [0, 0.1) is 11.3 Å². The van der Waals surface area contributed by atoms with Crippen LogP contribution in [0.1, 0.15) is 33.6 Å². The summed E-state index contributed by atoms with van der Waals surface area (Å²) in [5.41, 5.74) is 0.185. The van der Waals surface area contributed by atoms with Crippen LogP contribution in [-0.2, 0) is 4.79 Å². The third kappa shape index (κ3) is 5.22. The van der Waals surface area contributed by atoms with Crippen molar-refractivity contribution >= 4 is 5.97 Å². The normalized spacial score (nSPS) is 17.4. The van der Waals surface area contributed by atoms with Gasteiger partial charge >= 0.3 is 5.97 Å². The molecule has 0 radical (unpaired) electrons. The molecular weight excluding hydrogens is 178 g/mol. The first-order chi connectivity index (χ1) is 6.37. The fourth-order valence-electron chi connectivity index (χ4n) is 1.71. The molecule has 0 aromatic heterocycles. The number of carboxylic acid groups (broad SMARTS) is 1. The monoisotopic (exact) mass is 199 g/mol. The number of aliphatic carboxylic acids is 1. The van der Waals surface area contributed by atoms with E-state index in [0.717, 1.165) is 19.0 Å². The fourth-order valence-corrected chi connectivity index (χ4v) is 1.71. The minimum absolute atomic E-state index is 0.185. The lowest BCUT2D eigenvalue weighted by Crippen LogP contribution is -2.37. The third-order valence-corrected chi connectivity index (χ3v) is 2.27. The van der Waals surface area contributed by atoms with Crippen molar-refractivity contribution in [2.24, 2.45) is 11.3 Å². The predicted molar refractivity (Wildman–Crippen MR) is 56.3 cm³/mol. The van der Waals surface area contributed by atoms with Gasteiger partial charge in [-0.2, -0.15) is 0 Å². The van der Waals surface area contributed by atoms with Gasteiger partial charge in [0.15, 0.2) is 0 Å². The van der Waals surface area contributed by atoms with Crippen molar-refractivity contribution in [2.75, 3.05) is 19.6 Å². The molecule has 1 N–H and O–H groups in total. The Labute approximate surface area is 86.1 Å². The smallest absolute Gasteiger partial charge is 0.317 e. The topological polar surface area (TPSA) is 40.5 Å². The Morgan fingerprint density at radius 3 is 2.36 bits per heavy atom. The van der Waals surface area contributed by atoms with Crippen LogP contribution < -0.4 is 0 Å². The van der Waals surface area contributed by atoms with Crippen LogP contribution >= 0.6 is 0 Å². The molecule has 0 heterocycles. The highest BCUT2D eigenvalue weighted by Gasteiger charge is 2.27. The van der Waals surface area contributed by atoms with Crippen LogP contribution in [0.5, 0.6) is 0 Å². The van der Waals surface area contributed by atoms with Gasteiger partial charge in [0.1, 0.15) is 0 Å². The fraction of sp³-hybridized carbons (Fsp3) is 0.909. The summed E-state index contributed by atoms with van der Waals surface area (Å²) in [4.78, 5) is 12.7. The number of carbonyl (C=O) groups is 1. The number of carboxylic acids is 1. The average Bonchev–Trinajstić information content (AvgIpc) is 2.64. The van der Waals surface area contributed by atoms with E-state index in [2.05, 4.69) is 25.7 Å². The predicted octanol–water partition coefficient (Wildman–Crippen LogP) is 1.83. The van der Waals surface area contributed by atoms with Gasteiger partial charge in [0.05, 0.1) is 6.54 Å². The van der Waals surface area contributed by atoms with Crippen LogP contribution in [0.25, 0.3) is 0 Å². The van der Waals surface area contributed by atoms with Crippen LogP contribution in [-0.4, -0.2) is 35.6 Å². The molecule has 0 unspecified atom stereocenters. The maximum Gasteiger partial charge on any atom is 0.317 e. The van der Waals surface area contributed by atoms with E-state index in [1.54, 1.807) is 0 Å². The van der Waals surface area contributed by atoms with Crippen LogP contribution in [0.15, 0.2) is 0 Å². The molecule has 0 aliphatic heterocycles. The van der Waals surface area contributed by atoms with Gasteiger partial charge in [-0.3, -0.25) is 9.69 Å². The highest BCUT2D eigenvalue weighted by atomic mass is 16.4. The van der Waals surface area contributed by atoms with Gasteiger partial charge in [0.2, 0.25) is 0 Å². The molecule has 0 amide bonds. The lowest BCUT2D eigenvalue weighted by Gasteiger charge is -2.28. The lowest BCUT2D eigenvalue weighted by atomic mass is 9.96. The Hall–Kier alpha value is -0.570. The summed E-state index contributed by atoms with van der Waals surface area (Å²) in [6.07, 6.45) is 2.56. The third-order valence-electron chi connectivity index (χ3n) is 2.27. The summed E-state index contributed by atoms with van der Waals surface area (Å²) >= 11 is 0. The first-order valence-corrected chi connectivity index (χ1v) is 5.31. The van der Waals surface area contributed by atoms with Crippen molar-refractivity contribution in [1.82, 2.24) is 4.90 Å². The first kappa shape index (κ1) is 11.5. The molecule has 3 nitrogen and oxygen atoms in total. The zero-order valence-electron chi connectivity index (χ0n) is 9.42. The van der Waals surface area contributed by atoms with Gasteiger partial charge in [0.25, 0.3) is 0 Å². The van der Waals surface area contributed by atoms with E-state index in [1.165, 1.54) is 12.8 Å². The summed E-state index contributed by atoms with van der Waals surface area (Å²) in [6, 6.07) is 0. The molecule has 0 spiro atoms. The second kappa shape index (κ2) is 4.30. The van der Waals surface area contributed by atoms with Gasteiger partial charge < -0.3 is 5.11 Å². The summed E-state index contributed by atoms with van der Waals surface area (Å²) < 4.78 is 0. The first-order valence-electron chi connectivity index (χ1n) is 5.31. The van der Waals surface area contributed by atoms with Gasteiger partial charge in [-0.05, 0) is 24.2 Å². The molecule has 0 aromatic carbocycles. The Balaban J connectivity index is 2.38. The number of hydrogen-bond acceptors (Lipinski definition) is 2. The van der Waals surface area contributed by atoms with E-state index in [4.69, 9.17) is 5.11 Å². The molecule has 3 heteroatoms. The van der Waals surface area contributed by atoms with E-state index >= 15 is 0 Å². The lowest BCUT2D eigenvalue weighted by molar-refractivity contribution is -0.138. The molecule has 1 saturated carbocycles. The van der Waals surface area contributed by atoms with Crippen molar-refractivity contribution in [3.8, 4) is 0 Å². The summed E-state index contributed by atoms with van der Waals surface area (Å²) in [6.45, 7) is 8.46. The van der Waals surface area contributed by atoms with Crippen molar-refractivity contribution in [3.63, 3.8) is 0 Å². The van der Waals surface area contributed by atoms with Gasteiger partial charge in [-0.1, -0.05) is 20.8 Å². The van der Waals surface area contributed by atoms with E-state index < -0.39 is 5.97 Å². The average molecular weight is 199 g/mol. The molecule has 0 saturated heterocycles. The molecule has 0 bridgehead atoms. The van der Waals surface area contributed by atoms with Gasteiger partial charge in [-0.15, -0.1) is 0 Å². The molecule has 1 fully saturated rings. The molecule has 1 aliphatic carbocycles. The van der Waals surface area contributed by atoms with Crippen molar-refractivity contribution in [1.29, 1.82) is 0 Å². The molecule has 1 aliphatic rings. The zero-order valence-corrected chi connectivity index (χ0v) is 9.42. The molecule has 0 aromatic rings. The SMILES string of the molecule is CC(C)(C)CN(CC(=O)O)CC1CC1. The summed E-state index contributed by atoms with van der Waals surface area (Å²) in [5.74, 6) is 0.0478. The Bertz CT molecular complexity index is 204. The van der Waals surface area contributed by atoms with E-state index in [1.807, 2.05) is 0 Å². The molecule has 14 heavy (non-hydrogen) atoms. The van der Waals surface area contributed by atoms with Crippen LogP contribution in [0.2, 0.25) is 0 Å². The molecular formula is C11H21NO2. The standard InChI is InChI=1S/C11H21NO2/c1-11(2,3)8-12(7-10(13)14)6-9-4-5-9/h9H,4-8H2,1-3H3,(H,13,14). The van der Waals surface area contributed by atoms with Crippen molar-refractivity contribution < 1.29 is 9.90 Å². The highest BCUT2D eigenvalue weighted by Crippen LogP contribution is 2.30. The Kier molecular flexibility index (Phi) is 3.53. The zero-order chi connectivity index (χ0) is 10.8. The van der Waals surface area contributed by atoms with Crippen LogP contribution in [0.4, 0.5) is 0 Å². The summed E-state index contributed by atoms with van der Waals surface area (Å²) in [5, 5.41) is 8.77. The number of hydrogen-bond donors (Lipinski definition) is 1.